The molecule has 10 heteroatoms. The summed E-state index contributed by atoms with van der Waals surface area (Å²) in [6.45, 7) is 5.26. The fourth-order valence-electron chi connectivity index (χ4n) is 2.85. The molecule has 1 rings (SSSR count). The molecule has 188 valence electrons. The van der Waals surface area contributed by atoms with Crippen LogP contribution in [-0.2, 0) is 20.7 Å². The largest absolute Gasteiger partial charge is 0.492 e. The van der Waals surface area contributed by atoms with Gasteiger partial charge in [0.05, 0.1) is 13.2 Å². The highest BCUT2D eigenvalue weighted by atomic mass is 19.3. The second kappa shape index (κ2) is 15.4. The maximum absolute atomic E-state index is 12.9. The number of unbranched alkanes of at least 4 members (excludes halogenated alkanes) is 1. The van der Waals surface area contributed by atoms with Crippen molar-refractivity contribution in [3.63, 3.8) is 0 Å². The summed E-state index contributed by atoms with van der Waals surface area (Å²) in [5.41, 5.74) is 0.796. The third kappa shape index (κ3) is 13.0. The molecule has 1 aromatic carbocycles. The summed E-state index contributed by atoms with van der Waals surface area (Å²) < 4.78 is 41.7. The Morgan fingerprint density at radius 3 is 2.39 bits per heavy atom. The predicted molar refractivity (Wildman–Crippen MR) is 120 cm³/mol. The SMILES string of the molecule is CCCCNC(=O)N(CCOCC(C)(F)F)CCOc1ccc(CC(OCC)C(=O)O)cc1. The lowest BCUT2D eigenvalue weighted by atomic mass is 10.1. The van der Waals surface area contributed by atoms with Gasteiger partial charge < -0.3 is 29.5 Å². The van der Waals surface area contributed by atoms with E-state index in [-0.39, 0.29) is 38.8 Å². The van der Waals surface area contributed by atoms with E-state index < -0.39 is 24.6 Å². The molecule has 33 heavy (non-hydrogen) atoms. The average molecular weight is 475 g/mol. The minimum absolute atomic E-state index is 0.0100. The molecular formula is C23H36F2N2O6. The van der Waals surface area contributed by atoms with Gasteiger partial charge in [-0.3, -0.25) is 0 Å². The number of halogens is 2. The summed E-state index contributed by atoms with van der Waals surface area (Å²) >= 11 is 0. The van der Waals surface area contributed by atoms with Gasteiger partial charge in [0.1, 0.15) is 19.0 Å². The average Bonchev–Trinajstić information content (AvgIpc) is 2.75. The van der Waals surface area contributed by atoms with Gasteiger partial charge >= 0.3 is 12.0 Å². The summed E-state index contributed by atoms with van der Waals surface area (Å²) in [6.07, 6.45) is 1.11. The third-order valence-corrected chi connectivity index (χ3v) is 4.57. The molecule has 0 aliphatic rings. The summed E-state index contributed by atoms with van der Waals surface area (Å²) in [5.74, 6) is -3.37. The van der Waals surface area contributed by atoms with Crippen molar-refractivity contribution in [3.8, 4) is 5.75 Å². The quantitative estimate of drug-likeness (QED) is 0.335. The van der Waals surface area contributed by atoms with Gasteiger partial charge in [0.15, 0.2) is 6.10 Å². The number of ether oxygens (including phenoxy) is 3. The van der Waals surface area contributed by atoms with Gasteiger partial charge in [0.2, 0.25) is 0 Å². The van der Waals surface area contributed by atoms with Crippen molar-refractivity contribution in [1.82, 2.24) is 10.2 Å². The molecular weight excluding hydrogens is 438 g/mol. The lowest BCUT2D eigenvalue weighted by Gasteiger charge is -2.23. The second-order valence-electron chi connectivity index (χ2n) is 7.67. The van der Waals surface area contributed by atoms with E-state index >= 15 is 0 Å². The zero-order chi connectivity index (χ0) is 24.7. The zero-order valence-electron chi connectivity index (χ0n) is 19.6. The Balaban J connectivity index is 2.55. The molecule has 0 saturated carbocycles. The zero-order valence-corrected chi connectivity index (χ0v) is 19.6. The predicted octanol–water partition coefficient (Wildman–Crippen LogP) is 3.58. The molecule has 2 N–H and O–H groups in total. The Hall–Kier alpha value is -2.46. The molecule has 1 aromatic rings. The van der Waals surface area contributed by atoms with Crippen molar-refractivity contribution in [1.29, 1.82) is 0 Å². The highest BCUT2D eigenvalue weighted by Crippen LogP contribution is 2.15. The molecule has 0 aromatic heterocycles. The molecule has 0 radical (unpaired) electrons. The normalized spacial score (nSPS) is 12.3. The first-order valence-corrected chi connectivity index (χ1v) is 11.2. The van der Waals surface area contributed by atoms with E-state index in [1.807, 2.05) is 6.92 Å². The van der Waals surface area contributed by atoms with Crippen LogP contribution < -0.4 is 10.1 Å². The molecule has 1 atom stereocenters. The molecule has 0 aliphatic heterocycles. The van der Waals surface area contributed by atoms with Crippen LogP contribution in [0.15, 0.2) is 24.3 Å². The van der Waals surface area contributed by atoms with E-state index in [1.54, 1.807) is 31.2 Å². The van der Waals surface area contributed by atoms with Crippen molar-refractivity contribution in [2.45, 2.75) is 52.1 Å². The lowest BCUT2D eigenvalue weighted by Crippen LogP contribution is -2.44. The van der Waals surface area contributed by atoms with Crippen LogP contribution in [0.25, 0.3) is 0 Å². The van der Waals surface area contributed by atoms with Crippen LogP contribution in [0.1, 0.15) is 39.2 Å². The number of nitrogens with one attached hydrogen (secondary N) is 1. The molecule has 0 spiro atoms. The third-order valence-electron chi connectivity index (χ3n) is 4.57. The standard InChI is InChI=1S/C23H36F2N2O6/c1-4-6-11-26-22(30)27(12-14-31-17-23(3,24)25)13-15-33-19-9-7-18(8-10-19)16-20(21(28)29)32-5-2/h7-10,20H,4-6,11-17H2,1-3H3,(H,26,30)(H,28,29). The fourth-order valence-corrected chi connectivity index (χ4v) is 2.85. The van der Waals surface area contributed by atoms with Gasteiger partial charge in [-0.25, -0.2) is 18.4 Å². The Morgan fingerprint density at radius 2 is 1.82 bits per heavy atom. The maximum atomic E-state index is 12.9. The number of alkyl halides is 2. The van der Waals surface area contributed by atoms with E-state index in [2.05, 4.69) is 5.32 Å². The molecule has 0 bridgehead atoms. The number of urea groups is 1. The number of amides is 2. The molecule has 2 amide bonds. The number of hydrogen-bond acceptors (Lipinski definition) is 5. The van der Waals surface area contributed by atoms with Gasteiger partial charge in [0, 0.05) is 33.0 Å². The smallest absolute Gasteiger partial charge is 0.333 e. The van der Waals surface area contributed by atoms with Crippen molar-refractivity contribution >= 4 is 12.0 Å². The number of hydrogen-bond donors (Lipinski definition) is 2. The molecule has 1 unspecified atom stereocenters. The van der Waals surface area contributed by atoms with Crippen molar-refractivity contribution in [3.05, 3.63) is 29.8 Å². The van der Waals surface area contributed by atoms with E-state index in [9.17, 15) is 23.5 Å². The summed E-state index contributed by atoms with van der Waals surface area (Å²) in [5, 5.41) is 12.0. The minimum Gasteiger partial charge on any atom is -0.492 e. The molecule has 8 nitrogen and oxygen atoms in total. The van der Waals surface area contributed by atoms with Crippen molar-refractivity contribution in [2.75, 3.05) is 46.1 Å². The van der Waals surface area contributed by atoms with Gasteiger partial charge in [-0.15, -0.1) is 0 Å². The number of carboxylic acid groups (broad SMARTS) is 1. The van der Waals surface area contributed by atoms with E-state index in [0.717, 1.165) is 25.3 Å². The summed E-state index contributed by atoms with van der Waals surface area (Å²) in [4.78, 5) is 25.1. The topological polar surface area (TPSA) is 97.3 Å². The minimum atomic E-state index is -2.92. The van der Waals surface area contributed by atoms with Crippen molar-refractivity contribution < 1.29 is 37.7 Å². The number of aliphatic carboxylic acids is 1. The monoisotopic (exact) mass is 474 g/mol. The first-order chi connectivity index (χ1) is 15.7. The van der Waals surface area contributed by atoms with Crippen LogP contribution in [0.4, 0.5) is 13.6 Å². The van der Waals surface area contributed by atoms with Gasteiger partial charge in [-0.05, 0) is 31.0 Å². The Morgan fingerprint density at radius 1 is 1.15 bits per heavy atom. The summed E-state index contributed by atoms with van der Waals surface area (Å²) in [7, 11) is 0. The number of rotatable bonds is 17. The van der Waals surface area contributed by atoms with Crippen molar-refractivity contribution in [2.24, 2.45) is 0 Å². The number of benzene rings is 1. The molecule has 0 saturated heterocycles. The van der Waals surface area contributed by atoms with Gasteiger partial charge in [-0.1, -0.05) is 25.5 Å². The Kier molecular flexibility index (Phi) is 13.3. The van der Waals surface area contributed by atoms with Crippen LogP contribution in [0.2, 0.25) is 0 Å². The van der Waals surface area contributed by atoms with Crippen LogP contribution >= 0.6 is 0 Å². The lowest BCUT2D eigenvalue weighted by molar-refractivity contribution is -0.149. The van der Waals surface area contributed by atoms with Gasteiger partial charge in [-0.2, -0.15) is 0 Å². The first-order valence-electron chi connectivity index (χ1n) is 11.2. The highest BCUT2D eigenvalue weighted by molar-refractivity contribution is 5.74. The highest BCUT2D eigenvalue weighted by Gasteiger charge is 2.22. The molecule has 0 heterocycles. The van der Waals surface area contributed by atoms with Crippen LogP contribution in [0.3, 0.4) is 0 Å². The Bertz CT molecular complexity index is 697. The fraction of sp³-hybridized carbons (Fsp3) is 0.652. The summed E-state index contributed by atoms with van der Waals surface area (Å²) in [6, 6.07) is 6.66. The number of nitrogens with zero attached hydrogens (tertiary/aromatic N) is 1. The number of carbonyl (C=O) groups excluding carboxylic acids is 1. The first kappa shape index (κ1) is 28.6. The van der Waals surface area contributed by atoms with Crippen LogP contribution in [0, 0.1) is 0 Å². The van der Waals surface area contributed by atoms with E-state index in [4.69, 9.17) is 14.2 Å². The van der Waals surface area contributed by atoms with Crippen LogP contribution in [-0.4, -0.2) is 80.1 Å². The second-order valence-corrected chi connectivity index (χ2v) is 7.67. The molecule has 0 aliphatic carbocycles. The maximum Gasteiger partial charge on any atom is 0.333 e. The number of carbonyl (C=O) groups is 2. The molecule has 0 fully saturated rings. The Labute approximate surface area is 194 Å². The van der Waals surface area contributed by atoms with E-state index in [1.165, 1.54) is 4.90 Å². The van der Waals surface area contributed by atoms with Crippen LogP contribution in [0.5, 0.6) is 5.75 Å². The van der Waals surface area contributed by atoms with E-state index in [0.29, 0.717) is 18.9 Å². The van der Waals surface area contributed by atoms with Gasteiger partial charge in [0.25, 0.3) is 5.92 Å². The number of carboxylic acids is 1.